The number of nitrogens with one attached hydrogen (secondary N) is 1. The van der Waals surface area contributed by atoms with Gasteiger partial charge in [0.15, 0.2) is 0 Å². The molecule has 23 heavy (non-hydrogen) atoms. The van der Waals surface area contributed by atoms with Gasteiger partial charge in [-0.05, 0) is 25.8 Å². The van der Waals surface area contributed by atoms with Crippen LogP contribution in [0.3, 0.4) is 0 Å². The van der Waals surface area contributed by atoms with E-state index in [-0.39, 0.29) is 6.03 Å². The van der Waals surface area contributed by atoms with Crippen LogP contribution in [0.2, 0.25) is 0 Å². The van der Waals surface area contributed by atoms with Crippen LogP contribution in [0, 0.1) is 5.92 Å². The van der Waals surface area contributed by atoms with E-state index in [0.29, 0.717) is 12.5 Å². The molecular formula is C18H24N2O3. The fourth-order valence-corrected chi connectivity index (χ4v) is 3.12. The summed E-state index contributed by atoms with van der Waals surface area (Å²) in [7, 11) is 0. The molecule has 1 aromatic carbocycles. The molecule has 1 fully saturated rings. The summed E-state index contributed by atoms with van der Waals surface area (Å²) in [5.74, 6) is 0.448. The van der Waals surface area contributed by atoms with E-state index < -0.39 is 0 Å². The smallest absolute Gasteiger partial charge is 0.317 e. The van der Waals surface area contributed by atoms with Crippen molar-refractivity contribution >= 4 is 17.0 Å². The number of piperidine rings is 1. The lowest BCUT2D eigenvalue weighted by molar-refractivity contribution is 0.0756. The SMILES string of the molecule is CCOC[C@H]1CCCN(C(=O)NCc2coc3ccccc23)C1. The number of rotatable bonds is 5. The Bertz CT molecular complexity index is 653. The van der Waals surface area contributed by atoms with E-state index in [9.17, 15) is 4.79 Å². The van der Waals surface area contributed by atoms with Crippen LogP contribution in [0.5, 0.6) is 0 Å². The minimum absolute atomic E-state index is 0.00326. The minimum atomic E-state index is -0.00326. The highest BCUT2D eigenvalue weighted by atomic mass is 16.5. The number of fused-ring (bicyclic) bond motifs is 1. The normalized spacial score (nSPS) is 18.3. The first kappa shape index (κ1) is 15.9. The zero-order valence-electron chi connectivity index (χ0n) is 13.6. The molecule has 1 N–H and O–H groups in total. The van der Waals surface area contributed by atoms with Gasteiger partial charge in [-0.25, -0.2) is 4.79 Å². The van der Waals surface area contributed by atoms with Gasteiger partial charge in [0.1, 0.15) is 5.58 Å². The second-order valence-electron chi connectivity index (χ2n) is 6.03. The molecule has 1 aliphatic rings. The third kappa shape index (κ3) is 3.85. The molecule has 1 aromatic heterocycles. The summed E-state index contributed by atoms with van der Waals surface area (Å²) in [6.45, 7) is 5.56. The quantitative estimate of drug-likeness (QED) is 0.920. The average molecular weight is 316 g/mol. The number of benzene rings is 1. The highest BCUT2D eigenvalue weighted by Gasteiger charge is 2.23. The molecule has 0 radical (unpaired) electrons. The summed E-state index contributed by atoms with van der Waals surface area (Å²) >= 11 is 0. The predicted octanol–water partition coefficient (Wildman–Crippen LogP) is 3.39. The van der Waals surface area contributed by atoms with E-state index in [0.717, 1.165) is 55.7 Å². The molecule has 0 spiro atoms. The summed E-state index contributed by atoms with van der Waals surface area (Å²) in [5, 5.41) is 4.07. The third-order valence-electron chi connectivity index (χ3n) is 4.36. The van der Waals surface area contributed by atoms with Crippen LogP contribution in [0.1, 0.15) is 25.3 Å². The summed E-state index contributed by atoms with van der Waals surface area (Å²) in [5.41, 5.74) is 1.86. The van der Waals surface area contributed by atoms with Crippen molar-refractivity contribution in [2.75, 3.05) is 26.3 Å². The zero-order chi connectivity index (χ0) is 16.1. The number of urea groups is 1. The third-order valence-corrected chi connectivity index (χ3v) is 4.36. The van der Waals surface area contributed by atoms with Crippen LogP contribution in [0.15, 0.2) is 34.9 Å². The topological polar surface area (TPSA) is 54.7 Å². The summed E-state index contributed by atoms with van der Waals surface area (Å²) in [6.07, 6.45) is 3.90. The standard InChI is InChI=1S/C18H24N2O3/c1-2-22-12-14-6-5-9-20(11-14)18(21)19-10-15-13-23-17-8-4-3-7-16(15)17/h3-4,7-8,13-14H,2,5-6,9-12H2,1H3,(H,19,21)/t14-/m0/s1. The van der Waals surface area contributed by atoms with Crippen LogP contribution in [-0.2, 0) is 11.3 Å². The fraction of sp³-hybridized carbons (Fsp3) is 0.500. The van der Waals surface area contributed by atoms with Crippen molar-refractivity contribution < 1.29 is 13.9 Å². The average Bonchev–Trinajstić information content (AvgIpc) is 3.01. The molecule has 1 aliphatic heterocycles. The Kier molecular flexibility index (Phi) is 5.18. The molecule has 2 aromatic rings. The lowest BCUT2D eigenvalue weighted by Gasteiger charge is -2.32. The maximum absolute atomic E-state index is 12.4. The molecule has 0 saturated carbocycles. The van der Waals surface area contributed by atoms with Gasteiger partial charge in [0.2, 0.25) is 0 Å². The number of amides is 2. The van der Waals surface area contributed by atoms with E-state index in [1.165, 1.54) is 0 Å². The summed E-state index contributed by atoms with van der Waals surface area (Å²) in [6, 6.07) is 7.87. The second kappa shape index (κ2) is 7.51. The first-order valence-corrected chi connectivity index (χ1v) is 8.33. The van der Waals surface area contributed by atoms with Gasteiger partial charge in [-0.2, -0.15) is 0 Å². The first-order valence-electron chi connectivity index (χ1n) is 8.33. The minimum Gasteiger partial charge on any atom is -0.464 e. The maximum Gasteiger partial charge on any atom is 0.317 e. The van der Waals surface area contributed by atoms with Crippen molar-refractivity contribution in [2.45, 2.75) is 26.3 Å². The van der Waals surface area contributed by atoms with E-state index in [4.69, 9.17) is 9.15 Å². The number of likely N-dealkylation sites (tertiary alicyclic amines) is 1. The van der Waals surface area contributed by atoms with E-state index >= 15 is 0 Å². The number of nitrogens with zero attached hydrogens (tertiary/aromatic N) is 1. The number of carbonyl (C=O) groups is 1. The monoisotopic (exact) mass is 316 g/mol. The van der Waals surface area contributed by atoms with Gasteiger partial charge in [0, 0.05) is 43.1 Å². The Hall–Kier alpha value is -2.01. The molecule has 1 saturated heterocycles. The largest absolute Gasteiger partial charge is 0.464 e. The van der Waals surface area contributed by atoms with Crippen molar-refractivity contribution in [3.8, 4) is 0 Å². The zero-order valence-corrected chi connectivity index (χ0v) is 13.6. The lowest BCUT2D eigenvalue weighted by Crippen LogP contribution is -2.46. The van der Waals surface area contributed by atoms with Crippen molar-refractivity contribution in [3.63, 3.8) is 0 Å². The van der Waals surface area contributed by atoms with E-state index in [2.05, 4.69) is 5.32 Å². The van der Waals surface area contributed by atoms with Gasteiger partial charge < -0.3 is 19.4 Å². The first-order chi connectivity index (χ1) is 11.3. The Labute approximate surface area is 136 Å². The molecule has 0 aliphatic carbocycles. The summed E-state index contributed by atoms with van der Waals surface area (Å²) in [4.78, 5) is 14.3. The number of hydrogen-bond donors (Lipinski definition) is 1. The molecule has 5 heteroatoms. The van der Waals surface area contributed by atoms with E-state index in [1.54, 1.807) is 6.26 Å². The van der Waals surface area contributed by atoms with Crippen LogP contribution in [-0.4, -0.2) is 37.2 Å². The number of carbonyl (C=O) groups excluding carboxylic acids is 1. The Morgan fingerprint density at radius 3 is 3.17 bits per heavy atom. The van der Waals surface area contributed by atoms with Gasteiger partial charge >= 0.3 is 6.03 Å². The highest BCUT2D eigenvalue weighted by molar-refractivity contribution is 5.81. The molecule has 1 atom stereocenters. The van der Waals surface area contributed by atoms with Gasteiger partial charge in [0.05, 0.1) is 12.9 Å². The Balaban J connectivity index is 1.54. The number of para-hydroxylation sites is 1. The molecule has 2 amide bonds. The molecule has 3 rings (SSSR count). The fourth-order valence-electron chi connectivity index (χ4n) is 3.12. The van der Waals surface area contributed by atoms with Crippen molar-refractivity contribution in [2.24, 2.45) is 5.92 Å². The molecular weight excluding hydrogens is 292 g/mol. The molecule has 124 valence electrons. The second-order valence-corrected chi connectivity index (χ2v) is 6.03. The van der Waals surface area contributed by atoms with Crippen LogP contribution in [0.25, 0.3) is 11.0 Å². The molecule has 5 nitrogen and oxygen atoms in total. The van der Waals surface area contributed by atoms with Crippen molar-refractivity contribution in [1.29, 1.82) is 0 Å². The number of hydrogen-bond acceptors (Lipinski definition) is 3. The molecule has 0 bridgehead atoms. The van der Waals surface area contributed by atoms with Gasteiger partial charge in [-0.1, -0.05) is 18.2 Å². The molecule has 2 heterocycles. The predicted molar refractivity (Wildman–Crippen MR) is 89.2 cm³/mol. The highest BCUT2D eigenvalue weighted by Crippen LogP contribution is 2.21. The van der Waals surface area contributed by atoms with Crippen LogP contribution >= 0.6 is 0 Å². The van der Waals surface area contributed by atoms with Crippen LogP contribution < -0.4 is 5.32 Å². The lowest BCUT2D eigenvalue weighted by atomic mass is 9.99. The number of ether oxygens (including phenoxy) is 1. The molecule has 0 unspecified atom stereocenters. The van der Waals surface area contributed by atoms with Crippen LogP contribution in [0.4, 0.5) is 4.79 Å². The van der Waals surface area contributed by atoms with Crippen molar-refractivity contribution in [3.05, 3.63) is 36.1 Å². The van der Waals surface area contributed by atoms with Gasteiger partial charge in [-0.3, -0.25) is 0 Å². The van der Waals surface area contributed by atoms with Gasteiger partial charge in [-0.15, -0.1) is 0 Å². The Morgan fingerprint density at radius 1 is 1.43 bits per heavy atom. The number of furan rings is 1. The van der Waals surface area contributed by atoms with E-state index in [1.807, 2.05) is 36.1 Å². The van der Waals surface area contributed by atoms with Gasteiger partial charge in [0.25, 0.3) is 0 Å². The Morgan fingerprint density at radius 2 is 2.30 bits per heavy atom. The summed E-state index contributed by atoms with van der Waals surface area (Å²) < 4.78 is 11.0. The van der Waals surface area contributed by atoms with Crippen molar-refractivity contribution in [1.82, 2.24) is 10.2 Å². The maximum atomic E-state index is 12.4.